The van der Waals surface area contributed by atoms with Gasteiger partial charge < -0.3 is 10.6 Å². The van der Waals surface area contributed by atoms with Crippen molar-refractivity contribution in [2.45, 2.75) is 25.9 Å². The van der Waals surface area contributed by atoms with Crippen molar-refractivity contribution in [3.8, 4) is 11.3 Å². The molecule has 4 amide bonds. The van der Waals surface area contributed by atoms with Crippen LogP contribution < -0.4 is 10.6 Å². The van der Waals surface area contributed by atoms with Crippen molar-refractivity contribution >= 4 is 61.0 Å². The van der Waals surface area contributed by atoms with Gasteiger partial charge in [-0.25, -0.2) is 0 Å². The first-order chi connectivity index (χ1) is 25.7. The summed E-state index contributed by atoms with van der Waals surface area (Å²) in [6.07, 6.45) is 2.41. The summed E-state index contributed by atoms with van der Waals surface area (Å²) in [5, 5.41) is 20.4. The Morgan fingerprint density at radius 3 is 1.69 bits per heavy atom. The van der Waals surface area contributed by atoms with E-state index < -0.39 is 38.9 Å². The molecule has 0 radical (unpaired) electrons. The van der Waals surface area contributed by atoms with Gasteiger partial charge in [-0.1, -0.05) is 30.3 Å². The van der Waals surface area contributed by atoms with E-state index in [0.717, 1.165) is 21.5 Å². The number of imide groups is 2. The average Bonchev–Trinajstić information content (AvgIpc) is 3.13. The van der Waals surface area contributed by atoms with Crippen LogP contribution in [0.2, 0.25) is 0 Å². The van der Waals surface area contributed by atoms with E-state index >= 15 is 0 Å². The predicted molar refractivity (Wildman–Crippen MR) is 201 cm³/mol. The van der Waals surface area contributed by atoms with Gasteiger partial charge in [0, 0.05) is 89.6 Å². The zero-order valence-corrected chi connectivity index (χ0v) is 30.3. The summed E-state index contributed by atoms with van der Waals surface area (Å²) in [6, 6.07) is 21.3. The Kier molecular flexibility index (Phi) is 10.6. The molecule has 0 spiro atoms. The average molecular weight is 753 g/mol. The van der Waals surface area contributed by atoms with Gasteiger partial charge in [0.1, 0.15) is 0 Å². The van der Waals surface area contributed by atoms with E-state index in [0.29, 0.717) is 58.7 Å². The Morgan fingerprint density at radius 2 is 1.20 bits per heavy atom. The van der Waals surface area contributed by atoms with Crippen LogP contribution in [0.4, 0.5) is 5.69 Å². The summed E-state index contributed by atoms with van der Waals surface area (Å²) < 4.78 is 25.9. The van der Waals surface area contributed by atoms with Crippen molar-refractivity contribution in [3.05, 3.63) is 117 Å². The minimum absolute atomic E-state index is 0.135. The van der Waals surface area contributed by atoms with Crippen LogP contribution in [0.25, 0.3) is 32.8 Å². The molecule has 15 nitrogen and oxygen atoms in total. The molecule has 0 aliphatic carbocycles. The third kappa shape index (κ3) is 7.58. The lowest BCUT2D eigenvalue weighted by Crippen LogP contribution is -2.51. The molecule has 7 rings (SSSR count). The minimum atomic E-state index is -3.67. The molecule has 54 heavy (non-hydrogen) atoms. The second kappa shape index (κ2) is 15.2. The summed E-state index contributed by atoms with van der Waals surface area (Å²) in [5.74, 6) is -1.71. The molecule has 2 aliphatic rings. The smallest absolute Gasteiger partial charge is 0.270 e. The van der Waals surface area contributed by atoms with Crippen LogP contribution in [0.5, 0.6) is 0 Å². The normalized spacial score (nSPS) is 15.0. The van der Waals surface area contributed by atoms with Gasteiger partial charge in [0.2, 0.25) is 0 Å². The summed E-state index contributed by atoms with van der Waals surface area (Å²) in [4.78, 5) is 72.0. The van der Waals surface area contributed by atoms with Crippen molar-refractivity contribution in [2.75, 3.05) is 32.4 Å². The fourth-order valence-electron chi connectivity index (χ4n) is 6.81. The highest BCUT2D eigenvalue weighted by Crippen LogP contribution is 2.36. The molecule has 1 aromatic heterocycles. The van der Waals surface area contributed by atoms with E-state index in [1.807, 2.05) is 43.3 Å². The molecule has 3 heterocycles. The van der Waals surface area contributed by atoms with Crippen LogP contribution in [-0.2, 0) is 10.1 Å². The van der Waals surface area contributed by atoms with Crippen LogP contribution in [0.1, 0.15) is 55.3 Å². The first kappa shape index (κ1) is 37.8. The van der Waals surface area contributed by atoms with Crippen LogP contribution in [0, 0.1) is 10.1 Å². The quantitative estimate of drug-likeness (QED) is 0.0567. The Labute approximate surface area is 309 Å². The fourth-order valence-corrected chi connectivity index (χ4v) is 6.81. The molecule has 5 aromatic rings. The lowest BCUT2D eigenvalue weighted by molar-refractivity contribution is -0.384. The third-order valence-electron chi connectivity index (χ3n) is 9.15. The van der Waals surface area contributed by atoms with Gasteiger partial charge >= 0.3 is 0 Å². The standard InChI is InChI=1S/C37H32N6O6.CH4O3S/c1-21(41-34(44)27-9-5-7-23-15-25(31-11-3-4-12-40-31)17-29(32(23)27)36(41)46)19-38-13-14-39-20-22(2)42-35(45)28-10-6-8-24-16-26(43(48)49)18-30(33(24)28)37(42)47;1-5(2,3)4/h3-12,15-18,21-22,38-39H,13-14,19-20H2,1-2H3;1H3,(H,2,3,4). The van der Waals surface area contributed by atoms with Gasteiger partial charge in [-0.05, 0) is 61.0 Å². The number of nitro benzene ring substituents is 1. The number of carbonyl (C=O) groups excluding carboxylic acids is 4. The molecule has 2 atom stereocenters. The van der Waals surface area contributed by atoms with Crippen molar-refractivity contribution in [1.82, 2.24) is 25.4 Å². The topological polar surface area (TPSA) is 209 Å². The number of benzene rings is 4. The minimum Gasteiger partial charge on any atom is -0.313 e. The first-order valence-corrected chi connectivity index (χ1v) is 18.8. The first-order valence-electron chi connectivity index (χ1n) is 16.9. The number of aromatic nitrogens is 1. The third-order valence-corrected chi connectivity index (χ3v) is 9.15. The summed E-state index contributed by atoms with van der Waals surface area (Å²) >= 11 is 0. The van der Waals surface area contributed by atoms with Gasteiger partial charge in [0.05, 0.1) is 22.4 Å². The molecule has 2 unspecified atom stereocenters. The fraction of sp³-hybridized carbons (Fsp3) is 0.237. The van der Waals surface area contributed by atoms with E-state index in [1.165, 1.54) is 17.0 Å². The molecular formula is C38H36N6O9S. The number of amides is 4. The number of pyridine rings is 1. The molecular weight excluding hydrogens is 717 g/mol. The Hall–Kier alpha value is -5.94. The number of nitrogens with one attached hydrogen (secondary N) is 2. The number of hydrogen-bond acceptors (Lipinski definition) is 11. The summed E-state index contributed by atoms with van der Waals surface area (Å²) in [5.41, 5.74) is 2.73. The molecule has 4 aromatic carbocycles. The van der Waals surface area contributed by atoms with E-state index in [4.69, 9.17) is 4.55 Å². The Bertz CT molecular complexity index is 2450. The SMILES string of the molecule is CC(CNCCNCC(C)N1C(=O)c2cccc3cc([N+](=O)[O-])cc(c23)C1=O)N1C(=O)c2cccc3cc(-c4ccccn4)cc(c23)C1=O.CS(=O)(=O)O. The van der Waals surface area contributed by atoms with Crippen molar-refractivity contribution in [3.63, 3.8) is 0 Å². The van der Waals surface area contributed by atoms with Crippen LogP contribution >= 0.6 is 0 Å². The van der Waals surface area contributed by atoms with Gasteiger partial charge in [0.25, 0.3) is 39.4 Å². The maximum absolute atomic E-state index is 13.8. The molecule has 0 saturated heterocycles. The Balaban J connectivity index is 0.000000934. The second-order valence-corrected chi connectivity index (χ2v) is 14.6. The number of non-ortho nitro benzene ring substituents is 1. The van der Waals surface area contributed by atoms with Crippen LogP contribution in [0.15, 0.2) is 85.1 Å². The van der Waals surface area contributed by atoms with Gasteiger partial charge in [-0.2, -0.15) is 8.42 Å². The highest BCUT2D eigenvalue weighted by atomic mass is 32.2. The number of rotatable bonds is 11. The molecule has 0 bridgehead atoms. The lowest BCUT2D eigenvalue weighted by Gasteiger charge is -2.32. The highest BCUT2D eigenvalue weighted by molar-refractivity contribution is 7.85. The maximum atomic E-state index is 13.8. The number of hydrogen-bond donors (Lipinski definition) is 3. The van der Waals surface area contributed by atoms with Crippen molar-refractivity contribution in [2.24, 2.45) is 0 Å². The van der Waals surface area contributed by atoms with Crippen molar-refractivity contribution < 1.29 is 37.1 Å². The lowest BCUT2D eigenvalue weighted by atomic mass is 9.90. The monoisotopic (exact) mass is 752 g/mol. The maximum Gasteiger partial charge on any atom is 0.270 e. The molecule has 3 N–H and O–H groups in total. The molecule has 2 aliphatic heterocycles. The summed E-state index contributed by atoms with van der Waals surface area (Å²) in [7, 11) is -3.67. The molecule has 278 valence electrons. The van der Waals surface area contributed by atoms with E-state index in [1.54, 1.807) is 43.5 Å². The van der Waals surface area contributed by atoms with Gasteiger partial charge in [-0.3, -0.25) is 48.6 Å². The zero-order chi connectivity index (χ0) is 38.9. The van der Waals surface area contributed by atoms with Crippen molar-refractivity contribution in [1.29, 1.82) is 0 Å². The zero-order valence-electron chi connectivity index (χ0n) is 29.5. The molecule has 0 fully saturated rings. The predicted octanol–water partition coefficient (Wildman–Crippen LogP) is 4.32. The van der Waals surface area contributed by atoms with E-state index in [-0.39, 0.29) is 29.6 Å². The van der Waals surface area contributed by atoms with Gasteiger partial charge in [-0.15, -0.1) is 0 Å². The number of nitrogens with zero attached hydrogens (tertiary/aromatic N) is 4. The molecule has 0 saturated carbocycles. The highest BCUT2D eigenvalue weighted by Gasteiger charge is 2.38. The van der Waals surface area contributed by atoms with Crippen LogP contribution in [0.3, 0.4) is 0 Å². The molecule has 16 heteroatoms. The van der Waals surface area contributed by atoms with E-state index in [2.05, 4.69) is 15.6 Å². The number of nitro groups is 1. The second-order valence-electron chi connectivity index (χ2n) is 13.1. The summed E-state index contributed by atoms with van der Waals surface area (Å²) in [6.45, 7) is 5.16. The largest absolute Gasteiger partial charge is 0.313 e. The van der Waals surface area contributed by atoms with Gasteiger partial charge in [0.15, 0.2) is 0 Å². The Morgan fingerprint density at radius 1 is 0.722 bits per heavy atom. The van der Waals surface area contributed by atoms with Crippen LogP contribution in [-0.4, -0.2) is 101 Å². The number of carbonyl (C=O) groups is 4. The van der Waals surface area contributed by atoms with E-state index in [9.17, 15) is 37.7 Å².